The fraction of sp³-hybridized carbons (Fsp3) is 0.846. The van der Waals surface area contributed by atoms with Gasteiger partial charge >= 0.3 is 6.03 Å². The Hall–Kier alpha value is -1.10. The third-order valence-corrected chi connectivity index (χ3v) is 4.52. The van der Waals surface area contributed by atoms with Crippen LogP contribution in [0.25, 0.3) is 0 Å². The van der Waals surface area contributed by atoms with E-state index in [-0.39, 0.29) is 24.5 Å². The second-order valence-corrected chi connectivity index (χ2v) is 5.84. The highest BCUT2D eigenvalue weighted by molar-refractivity contribution is 6.04. The van der Waals surface area contributed by atoms with Gasteiger partial charge in [0.15, 0.2) is 0 Å². The van der Waals surface area contributed by atoms with Gasteiger partial charge in [-0.1, -0.05) is 19.3 Å². The van der Waals surface area contributed by atoms with E-state index in [2.05, 4.69) is 0 Å². The maximum Gasteiger partial charge on any atom is 0.327 e. The maximum absolute atomic E-state index is 12.2. The normalized spacial score (nSPS) is 31.1. The summed E-state index contributed by atoms with van der Waals surface area (Å²) in [6.45, 7) is 0.877. The Morgan fingerprint density at radius 1 is 1.17 bits per heavy atom. The topological polar surface area (TPSA) is 60.9 Å². The van der Waals surface area contributed by atoms with Crippen LogP contribution in [0.5, 0.6) is 0 Å². The number of aliphatic hydroxyl groups is 1. The summed E-state index contributed by atoms with van der Waals surface area (Å²) in [5, 5.41) is 10.5. The van der Waals surface area contributed by atoms with E-state index in [9.17, 15) is 14.7 Å². The van der Waals surface area contributed by atoms with E-state index in [0.29, 0.717) is 19.4 Å². The Morgan fingerprint density at radius 3 is 2.56 bits per heavy atom. The molecule has 1 N–H and O–H groups in total. The first-order valence-electron chi connectivity index (χ1n) is 6.95. The summed E-state index contributed by atoms with van der Waals surface area (Å²) < 4.78 is 0. The minimum atomic E-state index is -0.844. The quantitative estimate of drug-likeness (QED) is 0.749. The van der Waals surface area contributed by atoms with Crippen molar-refractivity contribution in [1.29, 1.82) is 0 Å². The highest BCUT2D eigenvalue weighted by atomic mass is 16.3. The van der Waals surface area contributed by atoms with Crippen LogP contribution in [0.4, 0.5) is 4.79 Å². The van der Waals surface area contributed by atoms with Gasteiger partial charge in [-0.3, -0.25) is 9.69 Å². The SMILES string of the molecule is O=C1[C@H]2CCCN2C(=O)N1CC1(O)CCCCC1. The van der Waals surface area contributed by atoms with Gasteiger partial charge in [-0.25, -0.2) is 4.79 Å². The average Bonchev–Trinajstić information content (AvgIpc) is 2.91. The molecule has 2 saturated heterocycles. The molecule has 3 rings (SSSR count). The zero-order valence-electron chi connectivity index (χ0n) is 10.6. The minimum Gasteiger partial charge on any atom is -0.388 e. The predicted octanol–water partition coefficient (Wildman–Crippen LogP) is 1.11. The molecular weight excluding hydrogens is 232 g/mol. The van der Waals surface area contributed by atoms with Crippen molar-refractivity contribution >= 4 is 11.9 Å². The molecule has 0 radical (unpaired) electrons. The summed E-state index contributed by atoms with van der Waals surface area (Å²) in [5.41, 5.74) is -0.844. The molecule has 1 saturated carbocycles. The standard InChI is InChI=1S/C13H20N2O3/c16-11-10-5-4-8-14(10)12(17)15(11)9-13(18)6-2-1-3-7-13/h10,18H,1-9H2/t10-/m1/s1. The predicted molar refractivity (Wildman–Crippen MR) is 64.9 cm³/mol. The van der Waals surface area contributed by atoms with Crippen molar-refractivity contribution in [3.8, 4) is 0 Å². The number of hydrogen-bond acceptors (Lipinski definition) is 3. The lowest BCUT2D eigenvalue weighted by molar-refractivity contribution is -0.131. The van der Waals surface area contributed by atoms with Gasteiger partial charge in [0.25, 0.3) is 5.91 Å². The number of carbonyl (C=O) groups is 2. The van der Waals surface area contributed by atoms with Crippen molar-refractivity contribution in [2.75, 3.05) is 13.1 Å². The molecule has 0 aromatic carbocycles. The van der Waals surface area contributed by atoms with Crippen molar-refractivity contribution < 1.29 is 14.7 Å². The van der Waals surface area contributed by atoms with E-state index in [0.717, 1.165) is 32.1 Å². The van der Waals surface area contributed by atoms with Gasteiger partial charge in [0.05, 0.1) is 12.1 Å². The highest BCUT2D eigenvalue weighted by Gasteiger charge is 2.49. The fourth-order valence-corrected chi connectivity index (χ4v) is 3.49. The third-order valence-electron chi connectivity index (χ3n) is 4.52. The monoisotopic (exact) mass is 252 g/mol. The molecule has 2 aliphatic heterocycles. The zero-order valence-corrected chi connectivity index (χ0v) is 10.6. The van der Waals surface area contributed by atoms with Crippen molar-refractivity contribution in [1.82, 2.24) is 9.80 Å². The molecule has 3 amide bonds. The maximum atomic E-state index is 12.2. The molecule has 1 atom stereocenters. The highest BCUT2D eigenvalue weighted by Crippen LogP contribution is 2.33. The van der Waals surface area contributed by atoms with Gasteiger partial charge in [0.1, 0.15) is 6.04 Å². The second kappa shape index (κ2) is 4.23. The first-order chi connectivity index (χ1) is 8.61. The van der Waals surface area contributed by atoms with Crippen LogP contribution in [0, 0.1) is 0 Å². The smallest absolute Gasteiger partial charge is 0.327 e. The van der Waals surface area contributed by atoms with Crippen LogP contribution in [-0.2, 0) is 4.79 Å². The Bertz CT molecular complexity index is 354. The molecule has 1 aliphatic carbocycles. The first kappa shape index (κ1) is 12.0. The lowest BCUT2D eigenvalue weighted by atomic mass is 9.84. The Labute approximate surface area is 107 Å². The number of β-amino-alcohol motifs (C(OH)–C–C–N with tert-alkyl or cyclic N) is 1. The number of urea groups is 1. The number of imide groups is 1. The molecule has 18 heavy (non-hydrogen) atoms. The molecule has 0 bridgehead atoms. The Balaban J connectivity index is 1.73. The van der Waals surface area contributed by atoms with E-state index in [1.54, 1.807) is 4.90 Å². The average molecular weight is 252 g/mol. The third kappa shape index (κ3) is 1.81. The van der Waals surface area contributed by atoms with Crippen LogP contribution in [0.3, 0.4) is 0 Å². The van der Waals surface area contributed by atoms with Crippen LogP contribution in [-0.4, -0.2) is 51.6 Å². The molecule has 2 heterocycles. The number of nitrogens with zero attached hydrogens (tertiary/aromatic N) is 2. The lowest BCUT2D eigenvalue weighted by Crippen LogP contribution is -2.47. The van der Waals surface area contributed by atoms with Crippen molar-refractivity contribution in [3.05, 3.63) is 0 Å². The van der Waals surface area contributed by atoms with Crippen LogP contribution in [0.15, 0.2) is 0 Å². The van der Waals surface area contributed by atoms with Gasteiger partial charge in [-0.2, -0.15) is 0 Å². The van der Waals surface area contributed by atoms with Crippen LogP contribution in [0.2, 0.25) is 0 Å². The van der Waals surface area contributed by atoms with E-state index in [1.807, 2.05) is 0 Å². The van der Waals surface area contributed by atoms with Gasteiger partial charge in [-0.05, 0) is 25.7 Å². The molecule has 0 aromatic rings. The van der Waals surface area contributed by atoms with E-state index < -0.39 is 5.60 Å². The van der Waals surface area contributed by atoms with E-state index in [4.69, 9.17) is 0 Å². The molecule has 5 heteroatoms. The number of amides is 3. The van der Waals surface area contributed by atoms with E-state index >= 15 is 0 Å². The minimum absolute atomic E-state index is 0.100. The molecule has 0 aromatic heterocycles. The Kier molecular flexibility index (Phi) is 2.81. The van der Waals surface area contributed by atoms with Gasteiger partial charge in [-0.15, -0.1) is 0 Å². The summed E-state index contributed by atoms with van der Waals surface area (Å²) in [6, 6.07) is -0.439. The first-order valence-corrected chi connectivity index (χ1v) is 6.95. The molecular formula is C13H20N2O3. The van der Waals surface area contributed by atoms with Gasteiger partial charge < -0.3 is 10.0 Å². The molecule has 5 nitrogen and oxygen atoms in total. The molecule has 3 aliphatic rings. The summed E-state index contributed by atoms with van der Waals surface area (Å²) in [5.74, 6) is -0.100. The largest absolute Gasteiger partial charge is 0.388 e. The van der Waals surface area contributed by atoms with Crippen LogP contribution >= 0.6 is 0 Å². The summed E-state index contributed by atoms with van der Waals surface area (Å²) in [7, 11) is 0. The van der Waals surface area contributed by atoms with Crippen molar-refractivity contribution in [3.63, 3.8) is 0 Å². The van der Waals surface area contributed by atoms with Crippen molar-refractivity contribution in [2.45, 2.75) is 56.6 Å². The van der Waals surface area contributed by atoms with E-state index in [1.165, 1.54) is 4.90 Å². The molecule has 3 fully saturated rings. The number of fused-ring (bicyclic) bond motifs is 1. The Morgan fingerprint density at radius 2 is 1.89 bits per heavy atom. The summed E-state index contributed by atoms with van der Waals surface area (Å²) in [4.78, 5) is 27.2. The van der Waals surface area contributed by atoms with Gasteiger partial charge in [0.2, 0.25) is 0 Å². The zero-order chi connectivity index (χ0) is 12.8. The van der Waals surface area contributed by atoms with Crippen LogP contribution in [0.1, 0.15) is 44.9 Å². The number of hydrogen-bond donors (Lipinski definition) is 1. The summed E-state index contributed by atoms with van der Waals surface area (Å²) >= 11 is 0. The van der Waals surface area contributed by atoms with Crippen LogP contribution < -0.4 is 0 Å². The second-order valence-electron chi connectivity index (χ2n) is 5.84. The van der Waals surface area contributed by atoms with Crippen molar-refractivity contribution in [2.24, 2.45) is 0 Å². The van der Waals surface area contributed by atoms with Gasteiger partial charge in [0, 0.05) is 6.54 Å². The molecule has 100 valence electrons. The molecule has 0 unspecified atom stereocenters. The number of rotatable bonds is 2. The molecule has 0 spiro atoms. The lowest BCUT2D eigenvalue weighted by Gasteiger charge is -2.34. The number of carbonyl (C=O) groups excluding carboxylic acids is 2. The fourth-order valence-electron chi connectivity index (χ4n) is 3.49. The summed E-state index contributed by atoms with van der Waals surface area (Å²) in [6.07, 6.45) is 6.21.